The van der Waals surface area contributed by atoms with Crippen molar-refractivity contribution in [1.29, 1.82) is 0 Å². The fourth-order valence-corrected chi connectivity index (χ4v) is 3.21. The molecule has 0 saturated carbocycles. The van der Waals surface area contributed by atoms with Crippen LogP contribution >= 0.6 is 0 Å². The average Bonchev–Trinajstić information content (AvgIpc) is 3.06. The number of hydrogen-bond donors (Lipinski definition) is 1. The third-order valence-electron chi connectivity index (χ3n) is 4.29. The maximum atomic E-state index is 12.8. The van der Waals surface area contributed by atoms with Gasteiger partial charge >= 0.3 is 0 Å². The summed E-state index contributed by atoms with van der Waals surface area (Å²) in [6.07, 6.45) is 3.94. The number of nitrogens with two attached hydrogens (primary N) is 1. The first kappa shape index (κ1) is 13.1. The summed E-state index contributed by atoms with van der Waals surface area (Å²) in [4.78, 5) is 12.8. The van der Waals surface area contributed by atoms with Crippen molar-refractivity contribution >= 4 is 22.7 Å². The third kappa shape index (κ3) is 1.93. The van der Waals surface area contributed by atoms with Crippen LogP contribution in [-0.2, 0) is 12.8 Å². The zero-order valence-electron chi connectivity index (χ0n) is 12.4. The van der Waals surface area contributed by atoms with E-state index in [4.69, 9.17) is 10.2 Å². The molecule has 0 fully saturated rings. The first-order valence-electron chi connectivity index (χ1n) is 7.54. The number of carbonyl (C=O) groups excluding carboxylic acids is 1. The van der Waals surface area contributed by atoms with Gasteiger partial charge in [-0.15, -0.1) is 5.10 Å². The molecule has 0 atom stereocenters. The molecule has 0 saturated heterocycles. The lowest BCUT2D eigenvalue weighted by Crippen LogP contribution is -2.18. The number of hydrogen-bond acceptors (Lipinski definition) is 4. The van der Waals surface area contributed by atoms with Crippen LogP contribution in [0.2, 0.25) is 0 Å². The zero-order valence-corrected chi connectivity index (χ0v) is 12.4. The highest BCUT2D eigenvalue weighted by Gasteiger charge is 2.23. The number of benzene rings is 1. The van der Waals surface area contributed by atoms with Crippen LogP contribution < -0.4 is 5.73 Å². The minimum atomic E-state index is -0.147. The number of nitrogen functional groups attached to an aromatic ring is 1. The maximum absolute atomic E-state index is 12.8. The van der Waals surface area contributed by atoms with Gasteiger partial charge in [-0.1, -0.05) is 6.07 Å². The zero-order chi connectivity index (χ0) is 15.3. The Labute approximate surface area is 127 Å². The van der Waals surface area contributed by atoms with E-state index in [1.54, 1.807) is 6.07 Å². The molecule has 1 aromatic carbocycles. The minimum Gasteiger partial charge on any atom is -0.461 e. The highest BCUT2D eigenvalue weighted by Crippen LogP contribution is 2.27. The number of furan rings is 1. The van der Waals surface area contributed by atoms with Gasteiger partial charge in [-0.05, 0) is 50.8 Å². The second-order valence-electron chi connectivity index (χ2n) is 5.84. The SMILES string of the molecule is Cc1cc2ccc(C(=O)n3nc(N)c4c3CCCC4)cc2o1. The highest BCUT2D eigenvalue weighted by atomic mass is 16.3. The van der Waals surface area contributed by atoms with Gasteiger partial charge in [0.15, 0.2) is 0 Å². The van der Waals surface area contributed by atoms with E-state index < -0.39 is 0 Å². The van der Waals surface area contributed by atoms with Crippen molar-refractivity contribution in [3.05, 3.63) is 46.8 Å². The summed E-state index contributed by atoms with van der Waals surface area (Å²) in [5, 5.41) is 5.26. The smallest absolute Gasteiger partial charge is 0.278 e. The fraction of sp³-hybridized carbons (Fsp3) is 0.294. The van der Waals surface area contributed by atoms with Gasteiger partial charge in [0.25, 0.3) is 5.91 Å². The molecule has 0 bridgehead atoms. The van der Waals surface area contributed by atoms with Crippen LogP contribution in [0.4, 0.5) is 5.82 Å². The Morgan fingerprint density at radius 1 is 1.27 bits per heavy atom. The number of rotatable bonds is 1. The normalized spacial score (nSPS) is 14.2. The molecular weight excluding hydrogens is 278 g/mol. The Morgan fingerprint density at radius 2 is 2.09 bits per heavy atom. The summed E-state index contributed by atoms with van der Waals surface area (Å²) < 4.78 is 7.08. The summed E-state index contributed by atoms with van der Waals surface area (Å²) >= 11 is 0. The number of fused-ring (bicyclic) bond motifs is 2. The summed E-state index contributed by atoms with van der Waals surface area (Å²) in [5.74, 6) is 1.17. The van der Waals surface area contributed by atoms with Crippen molar-refractivity contribution in [3.8, 4) is 0 Å². The minimum absolute atomic E-state index is 0.147. The summed E-state index contributed by atoms with van der Waals surface area (Å²) in [5.41, 5.74) is 9.26. The van der Waals surface area contributed by atoms with E-state index >= 15 is 0 Å². The first-order chi connectivity index (χ1) is 10.6. The summed E-state index contributed by atoms with van der Waals surface area (Å²) in [7, 11) is 0. The van der Waals surface area contributed by atoms with Gasteiger partial charge in [-0.3, -0.25) is 4.79 Å². The van der Waals surface area contributed by atoms with Crippen molar-refractivity contribution in [2.75, 3.05) is 5.73 Å². The largest absolute Gasteiger partial charge is 0.461 e. The Bertz CT molecular complexity index is 889. The van der Waals surface area contributed by atoms with Crippen LogP contribution in [0.1, 0.15) is 40.2 Å². The molecule has 0 spiro atoms. The topological polar surface area (TPSA) is 74.0 Å². The van der Waals surface area contributed by atoms with Crippen molar-refractivity contribution < 1.29 is 9.21 Å². The molecule has 0 radical (unpaired) electrons. The van der Waals surface area contributed by atoms with E-state index in [0.717, 1.165) is 53.7 Å². The predicted octanol–water partition coefficient (Wildman–Crippen LogP) is 3.09. The van der Waals surface area contributed by atoms with Crippen LogP contribution in [0.15, 0.2) is 28.7 Å². The van der Waals surface area contributed by atoms with Gasteiger partial charge in [-0.25, -0.2) is 0 Å². The molecule has 4 rings (SSSR count). The van der Waals surface area contributed by atoms with Crippen LogP contribution in [0, 0.1) is 6.92 Å². The van der Waals surface area contributed by atoms with Gasteiger partial charge < -0.3 is 10.2 Å². The van der Waals surface area contributed by atoms with E-state index in [1.807, 2.05) is 25.1 Å². The molecule has 2 heterocycles. The lowest BCUT2D eigenvalue weighted by Gasteiger charge is -2.12. The number of aromatic nitrogens is 2. The Morgan fingerprint density at radius 3 is 2.95 bits per heavy atom. The van der Waals surface area contributed by atoms with Crippen molar-refractivity contribution in [2.24, 2.45) is 0 Å². The fourth-order valence-electron chi connectivity index (χ4n) is 3.21. The lowest BCUT2D eigenvalue weighted by atomic mass is 9.97. The van der Waals surface area contributed by atoms with Gasteiger partial charge in [0.2, 0.25) is 0 Å². The molecule has 2 N–H and O–H groups in total. The number of anilines is 1. The van der Waals surface area contributed by atoms with Gasteiger partial charge in [0.1, 0.15) is 17.2 Å². The van der Waals surface area contributed by atoms with Crippen molar-refractivity contribution in [2.45, 2.75) is 32.6 Å². The van der Waals surface area contributed by atoms with E-state index in [0.29, 0.717) is 11.4 Å². The molecule has 0 unspecified atom stereocenters. The van der Waals surface area contributed by atoms with Crippen molar-refractivity contribution in [3.63, 3.8) is 0 Å². The van der Waals surface area contributed by atoms with E-state index in [-0.39, 0.29) is 5.91 Å². The standard InChI is InChI=1S/C17H17N3O2/c1-10-8-11-6-7-12(9-15(11)22-10)17(21)20-14-5-3-2-4-13(14)16(18)19-20/h6-9H,2-5H2,1H3,(H2,18,19). The van der Waals surface area contributed by atoms with Gasteiger partial charge in [-0.2, -0.15) is 4.68 Å². The molecule has 2 aromatic heterocycles. The van der Waals surface area contributed by atoms with Crippen LogP contribution in [-0.4, -0.2) is 15.7 Å². The third-order valence-corrected chi connectivity index (χ3v) is 4.29. The van der Waals surface area contributed by atoms with Crippen molar-refractivity contribution in [1.82, 2.24) is 9.78 Å². The molecule has 1 aliphatic carbocycles. The maximum Gasteiger partial charge on any atom is 0.278 e. The second kappa shape index (κ2) is 4.73. The Hall–Kier alpha value is -2.56. The van der Waals surface area contributed by atoms with Crippen LogP contribution in [0.5, 0.6) is 0 Å². The van der Waals surface area contributed by atoms with E-state index in [9.17, 15) is 4.79 Å². The molecule has 112 valence electrons. The summed E-state index contributed by atoms with van der Waals surface area (Å²) in [6, 6.07) is 7.44. The molecular formula is C17H17N3O2. The van der Waals surface area contributed by atoms with Gasteiger partial charge in [0, 0.05) is 16.5 Å². The lowest BCUT2D eigenvalue weighted by molar-refractivity contribution is 0.0941. The monoisotopic (exact) mass is 295 g/mol. The highest BCUT2D eigenvalue weighted by molar-refractivity contribution is 5.99. The van der Waals surface area contributed by atoms with Gasteiger partial charge in [0.05, 0.1) is 5.69 Å². The second-order valence-corrected chi connectivity index (χ2v) is 5.84. The summed E-state index contributed by atoms with van der Waals surface area (Å²) in [6.45, 7) is 1.89. The molecule has 1 aliphatic rings. The molecule has 3 aromatic rings. The van der Waals surface area contributed by atoms with Crippen LogP contribution in [0.25, 0.3) is 11.0 Å². The molecule has 0 amide bonds. The van der Waals surface area contributed by atoms with E-state index in [2.05, 4.69) is 5.10 Å². The average molecular weight is 295 g/mol. The Balaban J connectivity index is 1.80. The van der Waals surface area contributed by atoms with Crippen LogP contribution in [0.3, 0.4) is 0 Å². The number of aryl methyl sites for hydroxylation is 1. The molecule has 5 nitrogen and oxygen atoms in total. The molecule has 5 heteroatoms. The molecule has 22 heavy (non-hydrogen) atoms. The van der Waals surface area contributed by atoms with E-state index in [1.165, 1.54) is 4.68 Å². The molecule has 0 aliphatic heterocycles. The first-order valence-corrected chi connectivity index (χ1v) is 7.54. The number of carbonyl (C=O) groups is 1. The predicted molar refractivity (Wildman–Crippen MR) is 84.0 cm³/mol. The quantitative estimate of drug-likeness (QED) is 0.748. The Kier molecular flexibility index (Phi) is 2.82. The number of nitrogens with zero attached hydrogens (tertiary/aromatic N) is 2.